The van der Waals surface area contributed by atoms with Gasteiger partial charge in [-0.25, -0.2) is 0 Å². The summed E-state index contributed by atoms with van der Waals surface area (Å²) in [7, 11) is 0. The van der Waals surface area contributed by atoms with Gasteiger partial charge in [0.1, 0.15) is 0 Å². The highest BCUT2D eigenvalue weighted by atomic mass is 19.4. The predicted octanol–water partition coefficient (Wildman–Crippen LogP) is -0.420. The smallest absolute Gasteiger partial charge is 0.337 e. The van der Waals surface area contributed by atoms with Gasteiger partial charge in [0.25, 0.3) is 0 Å². The molecule has 1 rings (SSSR count). The largest absolute Gasteiger partial charge is 0.451 e. The van der Waals surface area contributed by atoms with E-state index in [1.54, 1.807) is 0 Å². The van der Waals surface area contributed by atoms with Crippen molar-refractivity contribution >= 4 is 12.1 Å². The van der Waals surface area contributed by atoms with Crippen LogP contribution in [-0.2, 0) is 4.79 Å². The average Bonchev–Trinajstić information content (AvgIpc) is 2.32. The molecule has 2 N–H and O–H groups in total. The van der Waals surface area contributed by atoms with Crippen LogP contribution < -0.4 is 10.7 Å². The van der Waals surface area contributed by atoms with Crippen molar-refractivity contribution in [2.24, 2.45) is 5.10 Å². The number of aldehydes is 1. The third-order valence-corrected chi connectivity index (χ3v) is 1.01. The molecule has 1 atom stereocenters. The van der Waals surface area contributed by atoms with E-state index in [9.17, 15) is 18.0 Å². The zero-order valence-electron chi connectivity index (χ0n) is 5.14. The number of hydrogen-bond acceptors (Lipinski definition) is 4. The van der Waals surface area contributed by atoms with Crippen LogP contribution in [0.3, 0.4) is 0 Å². The van der Waals surface area contributed by atoms with Gasteiger partial charge in [-0.15, -0.1) is 0 Å². The molecule has 0 bridgehead atoms. The highest BCUT2D eigenvalue weighted by Gasteiger charge is 2.40. The van der Waals surface area contributed by atoms with E-state index in [0.717, 1.165) is 0 Å². The summed E-state index contributed by atoms with van der Waals surface area (Å²) < 4.78 is 35.2. The van der Waals surface area contributed by atoms with Crippen molar-refractivity contribution in [1.82, 2.24) is 10.7 Å². The Bertz CT molecular complexity index is 199. The molecule has 4 nitrogen and oxygen atoms in total. The number of nitrogens with one attached hydrogen (secondary N) is 2. The van der Waals surface area contributed by atoms with Gasteiger partial charge in [-0.2, -0.15) is 18.3 Å². The van der Waals surface area contributed by atoms with Crippen LogP contribution in [0.2, 0.25) is 0 Å². The Morgan fingerprint density at radius 1 is 1.55 bits per heavy atom. The normalized spacial score (nSPS) is 23.5. The standard InChI is InChI=1S/C4H4F3N3O/c5-4(6,7)3-8-2(1-11)9-10-3/h1-2,9H,(H,8,10). The molecule has 1 aliphatic heterocycles. The van der Waals surface area contributed by atoms with E-state index >= 15 is 0 Å². The van der Waals surface area contributed by atoms with Gasteiger partial charge < -0.3 is 5.32 Å². The molecule has 11 heavy (non-hydrogen) atoms. The van der Waals surface area contributed by atoms with Crippen molar-refractivity contribution in [1.29, 1.82) is 0 Å². The summed E-state index contributed by atoms with van der Waals surface area (Å²) in [6.45, 7) is 0. The minimum absolute atomic E-state index is 0.294. The molecule has 0 fully saturated rings. The lowest BCUT2D eigenvalue weighted by atomic mass is 10.5. The number of rotatable bonds is 1. The summed E-state index contributed by atoms with van der Waals surface area (Å²) in [5.74, 6) is -1.17. The van der Waals surface area contributed by atoms with Gasteiger partial charge >= 0.3 is 6.18 Å². The second-order valence-corrected chi connectivity index (χ2v) is 1.85. The van der Waals surface area contributed by atoms with Crippen molar-refractivity contribution in [2.75, 3.05) is 0 Å². The lowest BCUT2D eigenvalue weighted by Gasteiger charge is -2.06. The van der Waals surface area contributed by atoms with Gasteiger partial charge in [0, 0.05) is 0 Å². The van der Waals surface area contributed by atoms with Crippen molar-refractivity contribution in [3.63, 3.8) is 0 Å². The third kappa shape index (κ3) is 1.60. The van der Waals surface area contributed by atoms with Gasteiger partial charge in [0.2, 0.25) is 5.84 Å². The number of alkyl halides is 3. The summed E-state index contributed by atoms with van der Waals surface area (Å²) in [5.41, 5.74) is 1.95. The molecule has 1 unspecified atom stereocenters. The van der Waals surface area contributed by atoms with Crippen molar-refractivity contribution in [3.05, 3.63) is 0 Å². The number of carbonyl (C=O) groups is 1. The summed E-state index contributed by atoms with van der Waals surface area (Å²) in [4.78, 5) is 9.91. The van der Waals surface area contributed by atoms with Gasteiger partial charge in [-0.3, -0.25) is 10.2 Å². The van der Waals surface area contributed by atoms with Crippen molar-refractivity contribution < 1.29 is 18.0 Å². The summed E-state index contributed by atoms with van der Waals surface area (Å²) in [6, 6.07) is 0. The second-order valence-electron chi connectivity index (χ2n) is 1.85. The first-order valence-corrected chi connectivity index (χ1v) is 2.66. The quantitative estimate of drug-likeness (QED) is 0.521. The SMILES string of the molecule is O=CC1NN=C(C(F)(F)F)N1. The Balaban J connectivity index is 2.59. The van der Waals surface area contributed by atoms with E-state index in [2.05, 4.69) is 5.10 Å². The summed E-state index contributed by atoms with van der Waals surface area (Å²) in [6.07, 6.45) is -5.29. The first kappa shape index (κ1) is 7.83. The van der Waals surface area contributed by atoms with E-state index in [-0.39, 0.29) is 0 Å². The number of hydrazone groups is 1. The zero-order valence-corrected chi connectivity index (χ0v) is 5.14. The molecule has 7 heteroatoms. The lowest BCUT2D eigenvalue weighted by molar-refractivity contribution is -0.109. The number of amidine groups is 1. The molecule has 0 aromatic rings. The molecule has 0 amide bonds. The maximum absolute atomic E-state index is 11.7. The topological polar surface area (TPSA) is 53.5 Å². The van der Waals surface area contributed by atoms with Gasteiger partial charge in [0.15, 0.2) is 12.5 Å². The van der Waals surface area contributed by atoms with Crippen LogP contribution >= 0.6 is 0 Å². The molecule has 0 aliphatic carbocycles. The van der Waals surface area contributed by atoms with Crippen LogP contribution in [0.4, 0.5) is 13.2 Å². The van der Waals surface area contributed by atoms with Crippen LogP contribution in [-0.4, -0.2) is 24.5 Å². The Labute approximate surface area is 59.5 Å². The van der Waals surface area contributed by atoms with E-state index in [4.69, 9.17) is 0 Å². The minimum Gasteiger partial charge on any atom is -0.337 e. The monoisotopic (exact) mass is 167 g/mol. The van der Waals surface area contributed by atoms with Gasteiger partial charge in [0.05, 0.1) is 0 Å². The van der Waals surface area contributed by atoms with E-state index in [1.807, 2.05) is 10.7 Å². The Hall–Kier alpha value is -1.27. The molecule has 0 aromatic heterocycles. The lowest BCUT2D eigenvalue weighted by Crippen LogP contribution is -2.41. The van der Waals surface area contributed by atoms with Crippen LogP contribution in [0, 0.1) is 0 Å². The molecule has 0 saturated carbocycles. The molecule has 0 spiro atoms. The molecule has 0 saturated heterocycles. The van der Waals surface area contributed by atoms with E-state index in [1.165, 1.54) is 0 Å². The van der Waals surface area contributed by atoms with Crippen LogP contribution in [0.25, 0.3) is 0 Å². The van der Waals surface area contributed by atoms with Gasteiger partial charge in [-0.1, -0.05) is 0 Å². The number of hydrogen-bond donors (Lipinski definition) is 2. The average molecular weight is 167 g/mol. The fourth-order valence-corrected chi connectivity index (χ4v) is 0.556. The van der Waals surface area contributed by atoms with Crippen LogP contribution in [0.5, 0.6) is 0 Å². The van der Waals surface area contributed by atoms with E-state index < -0.39 is 18.2 Å². The Morgan fingerprint density at radius 2 is 2.18 bits per heavy atom. The fraction of sp³-hybridized carbons (Fsp3) is 0.500. The molecule has 1 aliphatic rings. The first-order valence-electron chi connectivity index (χ1n) is 2.66. The summed E-state index contributed by atoms with van der Waals surface area (Å²) >= 11 is 0. The molecular formula is C4H4F3N3O. The number of halogens is 3. The number of nitrogens with zero attached hydrogens (tertiary/aromatic N) is 1. The second kappa shape index (κ2) is 2.40. The summed E-state index contributed by atoms with van der Waals surface area (Å²) in [5, 5.41) is 4.68. The minimum atomic E-state index is -4.52. The molecular weight excluding hydrogens is 163 g/mol. The molecule has 1 heterocycles. The molecule has 0 aromatic carbocycles. The Morgan fingerprint density at radius 3 is 2.45 bits per heavy atom. The number of carbonyl (C=O) groups excluding carboxylic acids is 1. The van der Waals surface area contributed by atoms with Gasteiger partial charge in [-0.05, 0) is 0 Å². The van der Waals surface area contributed by atoms with E-state index in [0.29, 0.717) is 6.29 Å². The highest BCUT2D eigenvalue weighted by molar-refractivity contribution is 5.90. The first-order chi connectivity index (χ1) is 5.04. The highest BCUT2D eigenvalue weighted by Crippen LogP contribution is 2.16. The van der Waals surface area contributed by atoms with Crippen molar-refractivity contribution in [3.8, 4) is 0 Å². The zero-order chi connectivity index (χ0) is 8.48. The van der Waals surface area contributed by atoms with Crippen LogP contribution in [0.1, 0.15) is 0 Å². The third-order valence-electron chi connectivity index (χ3n) is 1.01. The molecule has 0 radical (unpaired) electrons. The predicted molar refractivity (Wildman–Crippen MR) is 29.6 cm³/mol. The fourth-order valence-electron chi connectivity index (χ4n) is 0.556. The Kier molecular flexibility index (Phi) is 1.71. The molecule has 62 valence electrons. The maximum Gasteiger partial charge on any atom is 0.451 e. The van der Waals surface area contributed by atoms with Crippen LogP contribution in [0.15, 0.2) is 5.10 Å². The van der Waals surface area contributed by atoms with Crippen molar-refractivity contribution in [2.45, 2.75) is 12.3 Å². The maximum atomic E-state index is 11.7.